The predicted molar refractivity (Wildman–Crippen MR) is 75.7 cm³/mol. The summed E-state index contributed by atoms with van der Waals surface area (Å²) < 4.78 is 5.59. The number of nitrogens with one attached hydrogen (secondary N) is 1. The van der Waals surface area contributed by atoms with Crippen molar-refractivity contribution < 1.29 is 9.53 Å². The molecule has 4 unspecified atom stereocenters. The normalized spacial score (nSPS) is 41.4. The fourth-order valence-corrected chi connectivity index (χ4v) is 3.48. The summed E-state index contributed by atoms with van der Waals surface area (Å²) in [6, 6.07) is 0.409. The summed E-state index contributed by atoms with van der Waals surface area (Å²) in [5, 5.41) is 3.21. The average molecular weight is 268 g/mol. The third-order valence-corrected chi connectivity index (χ3v) is 5.68. The van der Waals surface area contributed by atoms with Gasteiger partial charge in [0.15, 0.2) is 0 Å². The van der Waals surface area contributed by atoms with Gasteiger partial charge >= 0.3 is 0 Å². The van der Waals surface area contributed by atoms with Crippen LogP contribution in [0, 0.1) is 11.3 Å². The molecule has 0 radical (unpaired) electrons. The van der Waals surface area contributed by atoms with E-state index in [0.717, 1.165) is 32.1 Å². The zero-order chi connectivity index (χ0) is 14.3. The number of carbonyl (C=O) groups is 1. The van der Waals surface area contributed by atoms with Crippen LogP contribution in [0.15, 0.2) is 0 Å². The van der Waals surface area contributed by atoms with E-state index < -0.39 is 0 Å². The molecule has 1 amide bonds. The highest BCUT2D eigenvalue weighted by atomic mass is 16.5. The summed E-state index contributed by atoms with van der Waals surface area (Å²) in [7, 11) is 1.75. The van der Waals surface area contributed by atoms with Crippen LogP contribution in [0.5, 0.6) is 0 Å². The molecule has 4 nitrogen and oxygen atoms in total. The minimum absolute atomic E-state index is 0.0196. The quantitative estimate of drug-likeness (QED) is 0.820. The number of hydrogen-bond donors (Lipinski definition) is 2. The van der Waals surface area contributed by atoms with Crippen molar-refractivity contribution in [3.63, 3.8) is 0 Å². The van der Waals surface area contributed by atoms with Crippen molar-refractivity contribution >= 4 is 5.91 Å². The highest BCUT2D eigenvalue weighted by Crippen LogP contribution is 2.51. The van der Waals surface area contributed by atoms with Gasteiger partial charge in [0, 0.05) is 30.5 Å². The van der Waals surface area contributed by atoms with Crippen molar-refractivity contribution in [3.8, 4) is 0 Å². The van der Waals surface area contributed by atoms with Crippen LogP contribution in [0.2, 0.25) is 0 Å². The molecule has 0 spiro atoms. The van der Waals surface area contributed by atoms with E-state index in [4.69, 9.17) is 10.5 Å². The number of methoxy groups -OCH3 is 1. The Bertz CT molecular complexity index is 356. The van der Waals surface area contributed by atoms with Crippen LogP contribution >= 0.6 is 0 Å². The number of nitrogens with two attached hydrogens (primary N) is 1. The summed E-state index contributed by atoms with van der Waals surface area (Å²) >= 11 is 0. The molecule has 2 aliphatic rings. The van der Waals surface area contributed by atoms with Gasteiger partial charge in [-0.25, -0.2) is 0 Å². The van der Waals surface area contributed by atoms with Crippen LogP contribution in [0.1, 0.15) is 52.9 Å². The van der Waals surface area contributed by atoms with Gasteiger partial charge in [-0.1, -0.05) is 20.3 Å². The van der Waals surface area contributed by atoms with Gasteiger partial charge in [-0.3, -0.25) is 4.79 Å². The maximum Gasteiger partial charge on any atom is 0.223 e. The molecule has 0 aromatic heterocycles. The van der Waals surface area contributed by atoms with Crippen molar-refractivity contribution in [1.29, 1.82) is 0 Å². The number of ether oxygens (including phenoxy) is 1. The molecule has 0 saturated heterocycles. The summed E-state index contributed by atoms with van der Waals surface area (Å²) in [6.45, 7) is 6.45. The molecular formula is C15H28N2O2. The topological polar surface area (TPSA) is 64.3 Å². The van der Waals surface area contributed by atoms with Crippen LogP contribution in [0.3, 0.4) is 0 Å². The number of carbonyl (C=O) groups excluding carboxylic acids is 1. The Balaban J connectivity index is 1.91. The lowest BCUT2D eigenvalue weighted by Gasteiger charge is -2.59. The third-order valence-electron chi connectivity index (χ3n) is 5.68. The Morgan fingerprint density at radius 1 is 1.32 bits per heavy atom. The number of hydrogen-bond acceptors (Lipinski definition) is 3. The Hall–Kier alpha value is -0.610. The van der Waals surface area contributed by atoms with E-state index in [-0.39, 0.29) is 34.9 Å². The first-order chi connectivity index (χ1) is 8.80. The van der Waals surface area contributed by atoms with Gasteiger partial charge in [0.25, 0.3) is 0 Å². The van der Waals surface area contributed by atoms with Crippen molar-refractivity contribution in [2.45, 2.75) is 70.6 Å². The second-order valence-electron chi connectivity index (χ2n) is 7.05. The summed E-state index contributed by atoms with van der Waals surface area (Å²) in [5.41, 5.74) is 5.81. The first-order valence-electron chi connectivity index (χ1n) is 7.41. The van der Waals surface area contributed by atoms with Crippen molar-refractivity contribution in [2.75, 3.05) is 7.11 Å². The standard InChI is InChI=1S/C15H28N2O2/c1-14(2)12(9-15(14,3)19-4)17-13(18)10-6-5-7-11(16)8-10/h10-12H,5-9,16H2,1-4H3,(H,17,18). The van der Waals surface area contributed by atoms with Gasteiger partial charge in [0.05, 0.1) is 5.60 Å². The molecule has 2 aliphatic carbocycles. The summed E-state index contributed by atoms with van der Waals surface area (Å²) in [6.07, 6.45) is 4.83. The monoisotopic (exact) mass is 268 g/mol. The van der Waals surface area contributed by atoms with Crippen LogP contribution in [0.25, 0.3) is 0 Å². The maximum absolute atomic E-state index is 12.3. The van der Waals surface area contributed by atoms with Crippen LogP contribution in [0.4, 0.5) is 0 Å². The zero-order valence-corrected chi connectivity index (χ0v) is 12.7. The molecule has 2 rings (SSSR count). The fraction of sp³-hybridized carbons (Fsp3) is 0.933. The molecule has 3 N–H and O–H groups in total. The predicted octanol–water partition coefficient (Wildman–Crippen LogP) is 1.82. The van der Waals surface area contributed by atoms with Gasteiger partial charge in [0.2, 0.25) is 5.91 Å². The van der Waals surface area contributed by atoms with Crippen molar-refractivity contribution in [2.24, 2.45) is 17.1 Å². The fourth-order valence-electron chi connectivity index (χ4n) is 3.48. The molecule has 0 bridgehead atoms. The lowest BCUT2D eigenvalue weighted by Crippen LogP contribution is -2.69. The first kappa shape index (κ1) is 14.8. The largest absolute Gasteiger partial charge is 0.378 e. The second kappa shape index (κ2) is 5.06. The minimum Gasteiger partial charge on any atom is -0.378 e. The highest BCUT2D eigenvalue weighted by molar-refractivity contribution is 5.79. The van der Waals surface area contributed by atoms with Gasteiger partial charge in [0.1, 0.15) is 0 Å². The molecule has 0 aromatic carbocycles. The molecule has 0 aliphatic heterocycles. The second-order valence-corrected chi connectivity index (χ2v) is 7.05. The minimum atomic E-state index is -0.131. The van der Waals surface area contributed by atoms with E-state index >= 15 is 0 Å². The molecule has 19 heavy (non-hydrogen) atoms. The Kier molecular flexibility index (Phi) is 3.94. The van der Waals surface area contributed by atoms with Crippen LogP contribution in [-0.2, 0) is 9.53 Å². The van der Waals surface area contributed by atoms with Gasteiger partial charge in [-0.2, -0.15) is 0 Å². The van der Waals surface area contributed by atoms with E-state index in [1.807, 2.05) is 0 Å². The van der Waals surface area contributed by atoms with E-state index in [1.165, 1.54) is 0 Å². The number of amides is 1. The maximum atomic E-state index is 12.3. The van der Waals surface area contributed by atoms with Crippen molar-refractivity contribution in [3.05, 3.63) is 0 Å². The molecule has 2 saturated carbocycles. The van der Waals surface area contributed by atoms with E-state index in [9.17, 15) is 4.79 Å². The first-order valence-corrected chi connectivity index (χ1v) is 7.41. The van der Waals surface area contributed by atoms with Crippen LogP contribution < -0.4 is 11.1 Å². The lowest BCUT2D eigenvalue weighted by molar-refractivity contribution is -0.183. The van der Waals surface area contributed by atoms with E-state index in [1.54, 1.807) is 7.11 Å². The summed E-state index contributed by atoms with van der Waals surface area (Å²) in [4.78, 5) is 12.3. The van der Waals surface area contributed by atoms with E-state index in [0.29, 0.717) is 0 Å². The van der Waals surface area contributed by atoms with E-state index in [2.05, 4.69) is 26.1 Å². The van der Waals surface area contributed by atoms with Crippen molar-refractivity contribution in [1.82, 2.24) is 5.32 Å². The summed E-state index contributed by atoms with van der Waals surface area (Å²) in [5.74, 6) is 0.292. The Morgan fingerprint density at radius 2 is 2.00 bits per heavy atom. The zero-order valence-electron chi connectivity index (χ0n) is 12.7. The van der Waals surface area contributed by atoms with Gasteiger partial charge in [-0.15, -0.1) is 0 Å². The van der Waals surface area contributed by atoms with Gasteiger partial charge in [-0.05, 0) is 32.6 Å². The third kappa shape index (κ3) is 2.52. The Labute approximate surface area is 116 Å². The molecule has 4 atom stereocenters. The molecular weight excluding hydrogens is 240 g/mol. The van der Waals surface area contributed by atoms with Crippen LogP contribution in [-0.4, -0.2) is 30.7 Å². The average Bonchev–Trinajstić information content (AvgIpc) is 2.37. The molecule has 110 valence electrons. The SMILES string of the molecule is COC1(C)CC(NC(=O)C2CCCC(N)C2)C1(C)C. The molecule has 0 heterocycles. The molecule has 4 heteroatoms. The Morgan fingerprint density at radius 3 is 2.53 bits per heavy atom. The smallest absolute Gasteiger partial charge is 0.223 e. The molecule has 2 fully saturated rings. The lowest BCUT2D eigenvalue weighted by atomic mass is 9.55. The number of rotatable bonds is 3. The highest BCUT2D eigenvalue weighted by Gasteiger charge is 2.58. The van der Waals surface area contributed by atoms with Gasteiger partial charge < -0.3 is 15.8 Å². The molecule has 0 aromatic rings.